The van der Waals surface area contributed by atoms with Crippen LogP contribution in [0.4, 0.5) is 5.82 Å². The Balaban J connectivity index is 2.10. The first kappa shape index (κ1) is 15.0. The summed E-state index contributed by atoms with van der Waals surface area (Å²) in [5.41, 5.74) is -0.117. The Morgan fingerprint density at radius 3 is 2.85 bits per heavy atom. The van der Waals surface area contributed by atoms with Gasteiger partial charge in [-0.1, -0.05) is 20.8 Å². The van der Waals surface area contributed by atoms with E-state index in [2.05, 4.69) is 29.1 Å². The fourth-order valence-electron chi connectivity index (χ4n) is 2.85. The molecule has 0 spiro atoms. The van der Waals surface area contributed by atoms with Gasteiger partial charge in [-0.15, -0.1) is 0 Å². The minimum atomic E-state index is -0.0938. The SMILES string of the molecule is CCc1nc(NC2CCOC(CC)(CC)C2)cc(=O)[nH]1. The minimum absolute atomic E-state index is 0.0231. The Labute approximate surface area is 120 Å². The summed E-state index contributed by atoms with van der Waals surface area (Å²) in [6.45, 7) is 7.10. The lowest BCUT2D eigenvalue weighted by molar-refractivity contribution is -0.0864. The quantitative estimate of drug-likeness (QED) is 0.869. The van der Waals surface area contributed by atoms with Crippen LogP contribution in [0, 0.1) is 0 Å². The van der Waals surface area contributed by atoms with Gasteiger partial charge in [0.15, 0.2) is 0 Å². The van der Waals surface area contributed by atoms with Crippen molar-refractivity contribution in [1.29, 1.82) is 0 Å². The predicted molar refractivity (Wildman–Crippen MR) is 80.1 cm³/mol. The van der Waals surface area contributed by atoms with Crippen molar-refractivity contribution in [1.82, 2.24) is 9.97 Å². The van der Waals surface area contributed by atoms with Gasteiger partial charge in [-0.2, -0.15) is 0 Å². The molecule has 1 saturated heterocycles. The van der Waals surface area contributed by atoms with Gasteiger partial charge in [0.25, 0.3) is 5.56 Å². The van der Waals surface area contributed by atoms with Crippen LogP contribution in [0.2, 0.25) is 0 Å². The van der Waals surface area contributed by atoms with Crippen LogP contribution in [0.5, 0.6) is 0 Å². The van der Waals surface area contributed by atoms with Crippen molar-refractivity contribution in [2.45, 2.75) is 64.5 Å². The Hall–Kier alpha value is -1.36. The summed E-state index contributed by atoms with van der Waals surface area (Å²) < 4.78 is 5.97. The second-order valence-corrected chi connectivity index (χ2v) is 5.50. The molecule has 5 nitrogen and oxygen atoms in total. The second-order valence-electron chi connectivity index (χ2n) is 5.50. The molecule has 1 aromatic rings. The first-order valence-electron chi connectivity index (χ1n) is 7.61. The van der Waals surface area contributed by atoms with Crippen molar-refractivity contribution < 1.29 is 4.74 Å². The summed E-state index contributed by atoms with van der Waals surface area (Å²) in [7, 11) is 0. The summed E-state index contributed by atoms with van der Waals surface area (Å²) in [5.74, 6) is 1.41. The number of hydrogen-bond acceptors (Lipinski definition) is 4. The number of H-pyrrole nitrogens is 1. The highest BCUT2D eigenvalue weighted by Crippen LogP contribution is 2.32. The summed E-state index contributed by atoms with van der Waals surface area (Å²) in [4.78, 5) is 18.8. The number of rotatable bonds is 5. The van der Waals surface area contributed by atoms with Crippen molar-refractivity contribution >= 4 is 5.82 Å². The van der Waals surface area contributed by atoms with Gasteiger partial charge in [0.1, 0.15) is 11.6 Å². The van der Waals surface area contributed by atoms with E-state index in [-0.39, 0.29) is 11.2 Å². The predicted octanol–water partition coefficient (Wildman–Crippen LogP) is 2.48. The van der Waals surface area contributed by atoms with E-state index in [0.717, 1.165) is 44.5 Å². The number of anilines is 1. The van der Waals surface area contributed by atoms with Gasteiger partial charge in [0.05, 0.1) is 5.60 Å². The van der Waals surface area contributed by atoms with E-state index in [1.807, 2.05) is 6.92 Å². The van der Waals surface area contributed by atoms with Gasteiger partial charge in [-0.25, -0.2) is 4.98 Å². The van der Waals surface area contributed by atoms with Gasteiger partial charge in [0, 0.05) is 25.1 Å². The monoisotopic (exact) mass is 279 g/mol. The maximum absolute atomic E-state index is 11.6. The molecule has 0 bridgehead atoms. The van der Waals surface area contributed by atoms with Gasteiger partial charge < -0.3 is 15.0 Å². The summed E-state index contributed by atoms with van der Waals surface area (Å²) in [6.07, 6.45) is 4.69. The zero-order valence-electron chi connectivity index (χ0n) is 12.7. The van der Waals surface area contributed by atoms with Crippen molar-refractivity contribution in [3.05, 3.63) is 22.2 Å². The minimum Gasteiger partial charge on any atom is -0.375 e. The Morgan fingerprint density at radius 1 is 1.45 bits per heavy atom. The molecule has 0 saturated carbocycles. The smallest absolute Gasteiger partial charge is 0.252 e. The molecule has 0 amide bonds. The fraction of sp³-hybridized carbons (Fsp3) is 0.733. The molecule has 2 N–H and O–H groups in total. The van der Waals surface area contributed by atoms with Crippen LogP contribution in [0.15, 0.2) is 10.9 Å². The highest BCUT2D eigenvalue weighted by molar-refractivity contribution is 5.34. The highest BCUT2D eigenvalue weighted by atomic mass is 16.5. The lowest BCUT2D eigenvalue weighted by atomic mass is 9.86. The number of aromatic amines is 1. The van der Waals surface area contributed by atoms with Crippen LogP contribution in [0.25, 0.3) is 0 Å². The molecule has 112 valence electrons. The maximum atomic E-state index is 11.6. The average Bonchev–Trinajstić information content (AvgIpc) is 2.46. The van der Waals surface area contributed by atoms with E-state index in [1.54, 1.807) is 0 Å². The van der Waals surface area contributed by atoms with Gasteiger partial charge in [0.2, 0.25) is 0 Å². The Bertz CT molecular complexity index is 494. The zero-order chi connectivity index (χ0) is 14.6. The van der Waals surface area contributed by atoms with Crippen LogP contribution in [0.3, 0.4) is 0 Å². The summed E-state index contributed by atoms with van der Waals surface area (Å²) in [5, 5.41) is 3.41. The number of nitrogens with one attached hydrogen (secondary N) is 2. The molecule has 1 aromatic heterocycles. The van der Waals surface area contributed by atoms with Crippen LogP contribution in [-0.4, -0.2) is 28.2 Å². The first-order chi connectivity index (χ1) is 9.60. The molecular weight excluding hydrogens is 254 g/mol. The van der Waals surface area contributed by atoms with E-state index in [4.69, 9.17) is 4.74 Å². The molecule has 1 atom stereocenters. The fourth-order valence-corrected chi connectivity index (χ4v) is 2.85. The third kappa shape index (κ3) is 3.39. The van der Waals surface area contributed by atoms with Gasteiger partial charge in [-0.3, -0.25) is 4.79 Å². The van der Waals surface area contributed by atoms with Crippen molar-refractivity contribution in [2.24, 2.45) is 0 Å². The molecule has 1 fully saturated rings. The maximum Gasteiger partial charge on any atom is 0.252 e. The third-order valence-corrected chi connectivity index (χ3v) is 4.26. The molecule has 1 aliphatic rings. The molecule has 0 aromatic carbocycles. The van der Waals surface area contributed by atoms with E-state index in [1.165, 1.54) is 6.07 Å². The van der Waals surface area contributed by atoms with Crippen molar-refractivity contribution in [3.63, 3.8) is 0 Å². The topological polar surface area (TPSA) is 67.0 Å². The van der Waals surface area contributed by atoms with Crippen LogP contribution >= 0.6 is 0 Å². The standard InChI is InChI=1S/C15H25N3O2/c1-4-12-17-13(9-14(19)18-12)16-11-7-8-20-15(5-2,6-3)10-11/h9,11H,4-8,10H2,1-3H3,(H2,16,17,18,19). The lowest BCUT2D eigenvalue weighted by Gasteiger charge is -2.40. The molecule has 2 heterocycles. The van der Waals surface area contributed by atoms with Gasteiger partial charge >= 0.3 is 0 Å². The summed E-state index contributed by atoms with van der Waals surface area (Å²) in [6, 6.07) is 1.86. The van der Waals surface area contributed by atoms with Crippen molar-refractivity contribution in [2.75, 3.05) is 11.9 Å². The molecule has 2 rings (SSSR count). The lowest BCUT2D eigenvalue weighted by Crippen LogP contribution is -2.43. The summed E-state index contributed by atoms with van der Waals surface area (Å²) >= 11 is 0. The number of aryl methyl sites for hydroxylation is 1. The van der Waals surface area contributed by atoms with E-state index in [0.29, 0.717) is 11.9 Å². The number of aromatic nitrogens is 2. The molecule has 5 heteroatoms. The van der Waals surface area contributed by atoms with E-state index >= 15 is 0 Å². The third-order valence-electron chi connectivity index (χ3n) is 4.26. The molecule has 1 aliphatic heterocycles. The zero-order valence-corrected chi connectivity index (χ0v) is 12.7. The first-order valence-corrected chi connectivity index (χ1v) is 7.61. The number of hydrogen-bond donors (Lipinski definition) is 2. The molecule has 0 radical (unpaired) electrons. The molecule has 20 heavy (non-hydrogen) atoms. The largest absolute Gasteiger partial charge is 0.375 e. The Kier molecular flexibility index (Phi) is 4.81. The normalized spacial score (nSPS) is 21.6. The van der Waals surface area contributed by atoms with Gasteiger partial charge in [-0.05, 0) is 25.7 Å². The second kappa shape index (κ2) is 6.39. The number of nitrogens with zero attached hydrogens (tertiary/aromatic N) is 1. The van der Waals surface area contributed by atoms with Crippen LogP contribution in [0.1, 0.15) is 52.3 Å². The van der Waals surface area contributed by atoms with E-state index < -0.39 is 0 Å². The van der Waals surface area contributed by atoms with E-state index in [9.17, 15) is 4.79 Å². The van der Waals surface area contributed by atoms with Crippen LogP contribution in [-0.2, 0) is 11.2 Å². The average molecular weight is 279 g/mol. The molecule has 1 unspecified atom stereocenters. The van der Waals surface area contributed by atoms with Crippen molar-refractivity contribution in [3.8, 4) is 0 Å². The van der Waals surface area contributed by atoms with Crippen LogP contribution < -0.4 is 10.9 Å². The highest BCUT2D eigenvalue weighted by Gasteiger charge is 2.34. The molecular formula is C15H25N3O2. The Morgan fingerprint density at radius 2 is 2.20 bits per heavy atom. The molecule has 0 aliphatic carbocycles. The number of ether oxygens (including phenoxy) is 1.